The van der Waals surface area contributed by atoms with E-state index < -0.39 is 0 Å². The summed E-state index contributed by atoms with van der Waals surface area (Å²) in [4.78, 5) is 5.63. The van der Waals surface area contributed by atoms with Crippen molar-refractivity contribution in [3.05, 3.63) is 200 Å². The molecule has 0 bridgehead atoms. The van der Waals surface area contributed by atoms with Gasteiger partial charge in [0.05, 0.1) is 49.5 Å². The number of fused-ring (bicyclic) bond motifs is 9. The van der Waals surface area contributed by atoms with Gasteiger partial charge in [0.2, 0.25) is 0 Å². The SMILES string of the molecule is c1ccc(-c2cc(-c3ccccc3)nc(-c3cc4c(sc5ccccc54)c(-n4c5ccccc5c5ccccc54)c3-n3c4ccccc4c4ccccc43)c2)cc1. The van der Waals surface area contributed by atoms with Crippen molar-refractivity contribution in [1.29, 1.82) is 0 Å². The van der Waals surface area contributed by atoms with Crippen LogP contribution in [-0.4, -0.2) is 14.1 Å². The van der Waals surface area contributed by atoms with Gasteiger partial charge in [-0.1, -0.05) is 152 Å². The summed E-state index contributed by atoms with van der Waals surface area (Å²) in [6.45, 7) is 0. The zero-order chi connectivity index (χ0) is 37.5. The minimum Gasteiger partial charge on any atom is -0.306 e. The average molecular weight is 744 g/mol. The van der Waals surface area contributed by atoms with Gasteiger partial charge in [0, 0.05) is 48.1 Å². The Labute approximate surface area is 333 Å². The van der Waals surface area contributed by atoms with Crippen molar-refractivity contribution in [3.63, 3.8) is 0 Å². The highest BCUT2D eigenvalue weighted by atomic mass is 32.1. The summed E-state index contributed by atoms with van der Waals surface area (Å²) in [5.41, 5.74) is 13.2. The maximum atomic E-state index is 5.63. The van der Waals surface area contributed by atoms with Gasteiger partial charge < -0.3 is 9.13 Å². The van der Waals surface area contributed by atoms with Crippen LogP contribution in [-0.2, 0) is 0 Å². The van der Waals surface area contributed by atoms with Crippen molar-refractivity contribution >= 4 is 75.1 Å². The molecule has 57 heavy (non-hydrogen) atoms. The second-order valence-corrected chi connectivity index (χ2v) is 15.7. The lowest BCUT2D eigenvalue weighted by atomic mass is 9.97. The Hall–Kier alpha value is -7.27. The Bertz CT molecular complexity index is 3350. The zero-order valence-corrected chi connectivity index (χ0v) is 31.6. The van der Waals surface area contributed by atoms with Gasteiger partial charge >= 0.3 is 0 Å². The van der Waals surface area contributed by atoms with Gasteiger partial charge in [0.1, 0.15) is 0 Å². The topological polar surface area (TPSA) is 22.8 Å². The van der Waals surface area contributed by atoms with Gasteiger partial charge in [0.25, 0.3) is 0 Å². The van der Waals surface area contributed by atoms with Crippen LogP contribution in [0.15, 0.2) is 200 Å². The van der Waals surface area contributed by atoms with E-state index in [2.05, 4.69) is 209 Å². The molecular weight excluding hydrogens is 711 g/mol. The third-order valence-electron chi connectivity index (χ3n) is 11.5. The first-order chi connectivity index (χ1) is 28.3. The normalized spacial score (nSPS) is 11.9. The van der Waals surface area contributed by atoms with E-state index in [9.17, 15) is 0 Å². The molecule has 0 aliphatic heterocycles. The van der Waals surface area contributed by atoms with Crippen molar-refractivity contribution in [2.45, 2.75) is 0 Å². The molecule has 12 rings (SSSR count). The van der Waals surface area contributed by atoms with Gasteiger partial charge in [-0.15, -0.1) is 11.3 Å². The Morgan fingerprint density at radius 1 is 0.333 bits per heavy atom. The molecule has 4 heteroatoms. The van der Waals surface area contributed by atoms with E-state index in [4.69, 9.17) is 4.98 Å². The highest BCUT2D eigenvalue weighted by molar-refractivity contribution is 7.26. The summed E-state index contributed by atoms with van der Waals surface area (Å²) < 4.78 is 7.55. The first-order valence-corrected chi connectivity index (χ1v) is 20.2. The Kier molecular flexibility index (Phi) is 7.10. The molecule has 0 fully saturated rings. The fourth-order valence-corrected chi connectivity index (χ4v) is 10.2. The summed E-state index contributed by atoms with van der Waals surface area (Å²) in [7, 11) is 0. The fourth-order valence-electron chi connectivity index (χ4n) is 9.01. The molecule has 0 N–H and O–H groups in total. The molecule has 0 amide bonds. The number of aromatic nitrogens is 3. The van der Waals surface area contributed by atoms with E-state index in [0.29, 0.717) is 0 Å². The van der Waals surface area contributed by atoms with E-state index in [1.165, 1.54) is 52.8 Å². The molecule has 4 aromatic heterocycles. The van der Waals surface area contributed by atoms with E-state index in [1.807, 2.05) is 11.3 Å². The molecule has 3 nitrogen and oxygen atoms in total. The summed E-state index contributed by atoms with van der Waals surface area (Å²) >= 11 is 1.88. The van der Waals surface area contributed by atoms with E-state index >= 15 is 0 Å². The Morgan fingerprint density at radius 3 is 1.33 bits per heavy atom. The average Bonchev–Trinajstić information content (AvgIpc) is 3.94. The van der Waals surface area contributed by atoms with Gasteiger partial charge in [-0.2, -0.15) is 0 Å². The summed E-state index contributed by atoms with van der Waals surface area (Å²) in [6, 6.07) is 72.5. The number of hydrogen-bond acceptors (Lipinski definition) is 2. The lowest BCUT2D eigenvalue weighted by Crippen LogP contribution is -2.07. The van der Waals surface area contributed by atoms with Gasteiger partial charge in [-0.25, -0.2) is 4.98 Å². The van der Waals surface area contributed by atoms with Crippen LogP contribution in [0.1, 0.15) is 0 Å². The van der Waals surface area contributed by atoms with Crippen molar-refractivity contribution in [1.82, 2.24) is 14.1 Å². The molecule has 0 spiro atoms. The highest BCUT2D eigenvalue weighted by Crippen LogP contribution is 2.49. The summed E-state index contributed by atoms with van der Waals surface area (Å²) in [5.74, 6) is 0. The number of nitrogens with zero attached hydrogens (tertiary/aromatic N) is 3. The molecule has 0 unspecified atom stereocenters. The molecule has 266 valence electrons. The molecule has 8 aromatic carbocycles. The molecule has 4 heterocycles. The number of benzene rings is 8. The van der Waals surface area contributed by atoms with Crippen LogP contribution in [0.25, 0.3) is 109 Å². The minimum atomic E-state index is 0.922. The van der Waals surface area contributed by atoms with E-state index in [1.54, 1.807) is 0 Å². The van der Waals surface area contributed by atoms with Crippen LogP contribution in [0.4, 0.5) is 0 Å². The van der Waals surface area contributed by atoms with E-state index in [0.717, 1.165) is 56.0 Å². The van der Waals surface area contributed by atoms with Crippen molar-refractivity contribution in [2.24, 2.45) is 0 Å². The van der Waals surface area contributed by atoms with Crippen LogP contribution in [0, 0.1) is 0 Å². The third-order valence-corrected chi connectivity index (χ3v) is 12.7. The number of thiophene rings is 1. The second kappa shape index (κ2) is 12.6. The fraction of sp³-hybridized carbons (Fsp3) is 0. The minimum absolute atomic E-state index is 0.922. The van der Waals surface area contributed by atoms with Crippen LogP contribution in [0.3, 0.4) is 0 Å². The third kappa shape index (κ3) is 4.88. The number of rotatable bonds is 5. The number of para-hydroxylation sites is 4. The van der Waals surface area contributed by atoms with Crippen LogP contribution in [0.5, 0.6) is 0 Å². The van der Waals surface area contributed by atoms with Gasteiger partial charge in [0.15, 0.2) is 0 Å². The number of hydrogen-bond donors (Lipinski definition) is 0. The van der Waals surface area contributed by atoms with Crippen molar-refractivity contribution in [2.75, 3.05) is 0 Å². The zero-order valence-electron chi connectivity index (χ0n) is 30.8. The molecule has 0 atom stereocenters. The molecule has 0 aliphatic carbocycles. The van der Waals surface area contributed by atoms with E-state index in [-0.39, 0.29) is 0 Å². The maximum absolute atomic E-state index is 5.63. The lowest BCUT2D eigenvalue weighted by Gasteiger charge is -2.22. The Morgan fingerprint density at radius 2 is 0.772 bits per heavy atom. The monoisotopic (exact) mass is 743 g/mol. The summed E-state index contributed by atoms with van der Waals surface area (Å²) in [6.07, 6.45) is 0. The van der Waals surface area contributed by atoms with Gasteiger partial charge in [-0.3, -0.25) is 0 Å². The molecule has 0 saturated heterocycles. The maximum Gasteiger partial charge on any atom is 0.0890 e. The first-order valence-electron chi connectivity index (χ1n) is 19.4. The van der Waals surface area contributed by atoms with Crippen molar-refractivity contribution < 1.29 is 0 Å². The molecule has 0 saturated carbocycles. The van der Waals surface area contributed by atoms with Gasteiger partial charge in [-0.05, 0) is 59.7 Å². The van der Waals surface area contributed by atoms with Crippen LogP contribution >= 0.6 is 11.3 Å². The van der Waals surface area contributed by atoms with Crippen molar-refractivity contribution in [3.8, 4) is 45.0 Å². The molecular formula is C53H33N3S. The second-order valence-electron chi connectivity index (χ2n) is 14.7. The molecule has 0 aliphatic rings. The highest BCUT2D eigenvalue weighted by Gasteiger charge is 2.27. The predicted molar refractivity (Wildman–Crippen MR) is 242 cm³/mol. The smallest absolute Gasteiger partial charge is 0.0890 e. The first kappa shape index (κ1) is 32.0. The standard InChI is InChI=1S/C53H33N3S/c1-3-17-34(18-4-1)36-31-44(35-19-5-2-6-20-35)54-45(32-36)43-33-42-41-25-11-16-30-50(41)57-53(42)52(56-48-28-14-9-23-39(48)40-24-10-15-29-49(40)56)51(43)55-46-26-12-7-21-37(46)38-22-8-13-27-47(38)55/h1-33H. The Balaban J connectivity index is 1.34. The van der Waals surface area contributed by atoms with Crippen LogP contribution < -0.4 is 0 Å². The lowest BCUT2D eigenvalue weighted by molar-refractivity contribution is 1.11. The van der Waals surface area contributed by atoms with Crippen LogP contribution in [0.2, 0.25) is 0 Å². The largest absolute Gasteiger partial charge is 0.306 e. The quantitative estimate of drug-likeness (QED) is 0.172. The molecule has 12 aromatic rings. The number of pyridine rings is 1. The predicted octanol–water partition coefficient (Wildman–Crippen LogP) is 14.6. The molecule has 0 radical (unpaired) electrons. The summed E-state index contributed by atoms with van der Waals surface area (Å²) in [5, 5.41) is 7.38.